The van der Waals surface area contributed by atoms with E-state index in [0.717, 1.165) is 11.8 Å². The molecule has 0 heterocycles. The molecule has 0 aliphatic heterocycles. The standard InChI is InChI=1S/C10H10O2/c11-6-2-5-9-3-1-4-10(7-9)8-12/h1-5,7-8,11H,6H2/b5-2+. The van der Waals surface area contributed by atoms with Crippen molar-refractivity contribution in [1.29, 1.82) is 0 Å². The van der Waals surface area contributed by atoms with Gasteiger partial charge in [0.15, 0.2) is 0 Å². The fraction of sp³-hybridized carbons (Fsp3) is 0.100. The van der Waals surface area contributed by atoms with Gasteiger partial charge in [0.05, 0.1) is 6.61 Å². The van der Waals surface area contributed by atoms with Gasteiger partial charge in [-0.05, 0) is 11.6 Å². The van der Waals surface area contributed by atoms with Gasteiger partial charge in [0, 0.05) is 5.56 Å². The Hall–Kier alpha value is -1.41. The Balaban J connectivity index is 2.86. The van der Waals surface area contributed by atoms with Gasteiger partial charge in [0.1, 0.15) is 6.29 Å². The van der Waals surface area contributed by atoms with E-state index in [1.165, 1.54) is 0 Å². The third-order valence-electron chi connectivity index (χ3n) is 1.46. The van der Waals surface area contributed by atoms with Crippen LogP contribution in [0.2, 0.25) is 0 Å². The van der Waals surface area contributed by atoms with Crippen molar-refractivity contribution in [2.45, 2.75) is 0 Å². The number of carbonyl (C=O) groups is 1. The molecule has 0 aromatic heterocycles. The molecule has 0 fully saturated rings. The second-order valence-electron chi connectivity index (χ2n) is 2.37. The number of aliphatic hydroxyl groups is 1. The van der Waals surface area contributed by atoms with Crippen molar-refractivity contribution in [3.8, 4) is 0 Å². The second kappa shape index (κ2) is 4.46. The molecular weight excluding hydrogens is 152 g/mol. The van der Waals surface area contributed by atoms with Crippen molar-refractivity contribution in [3.05, 3.63) is 41.5 Å². The highest BCUT2D eigenvalue weighted by Crippen LogP contribution is 2.04. The number of aldehydes is 1. The molecule has 1 aromatic carbocycles. The fourth-order valence-electron chi connectivity index (χ4n) is 0.925. The van der Waals surface area contributed by atoms with E-state index in [1.54, 1.807) is 30.4 Å². The first-order chi connectivity index (χ1) is 5.86. The predicted molar refractivity (Wildman–Crippen MR) is 47.9 cm³/mol. The minimum Gasteiger partial charge on any atom is -0.392 e. The van der Waals surface area contributed by atoms with Crippen LogP contribution in [0.4, 0.5) is 0 Å². The Morgan fingerprint density at radius 3 is 2.75 bits per heavy atom. The van der Waals surface area contributed by atoms with Crippen LogP contribution in [0.25, 0.3) is 6.08 Å². The van der Waals surface area contributed by atoms with Gasteiger partial charge < -0.3 is 5.11 Å². The number of hydrogen-bond donors (Lipinski definition) is 1. The zero-order valence-corrected chi connectivity index (χ0v) is 6.60. The molecule has 0 spiro atoms. The van der Waals surface area contributed by atoms with E-state index in [2.05, 4.69) is 0 Å². The van der Waals surface area contributed by atoms with E-state index < -0.39 is 0 Å². The summed E-state index contributed by atoms with van der Waals surface area (Å²) in [4.78, 5) is 10.4. The minimum absolute atomic E-state index is 0.0192. The van der Waals surface area contributed by atoms with Crippen LogP contribution in [-0.4, -0.2) is 18.0 Å². The molecule has 1 N–H and O–H groups in total. The molecule has 1 aromatic rings. The van der Waals surface area contributed by atoms with Crippen molar-refractivity contribution >= 4 is 12.4 Å². The lowest BCUT2D eigenvalue weighted by Gasteiger charge is -1.93. The molecule has 0 saturated carbocycles. The van der Waals surface area contributed by atoms with Crippen LogP contribution < -0.4 is 0 Å². The first-order valence-corrected chi connectivity index (χ1v) is 3.69. The Morgan fingerprint density at radius 2 is 2.08 bits per heavy atom. The number of rotatable bonds is 3. The summed E-state index contributed by atoms with van der Waals surface area (Å²) in [5.41, 5.74) is 1.57. The highest BCUT2D eigenvalue weighted by Gasteiger charge is 1.89. The van der Waals surface area contributed by atoms with Crippen LogP contribution >= 0.6 is 0 Å². The van der Waals surface area contributed by atoms with Gasteiger partial charge in [-0.3, -0.25) is 4.79 Å². The average Bonchev–Trinajstić information content (AvgIpc) is 2.15. The summed E-state index contributed by atoms with van der Waals surface area (Å²) in [6.45, 7) is 0.0192. The molecule has 0 atom stereocenters. The van der Waals surface area contributed by atoms with Gasteiger partial charge in [-0.1, -0.05) is 30.4 Å². The van der Waals surface area contributed by atoms with Crippen LogP contribution in [0.1, 0.15) is 15.9 Å². The number of aliphatic hydroxyl groups excluding tert-OH is 1. The quantitative estimate of drug-likeness (QED) is 0.684. The average molecular weight is 162 g/mol. The first-order valence-electron chi connectivity index (χ1n) is 3.69. The van der Waals surface area contributed by atoms with Crippen molar-refractivity contribution in [2.24, 2.45) is 0 Å². The van der Waals surface area contributed by atoms with E-state index in [-0.39, 0.29) is 6.61 Å². The summed E-state index contributed by atoms with van der Waals surface area (Å²) in [6, 6.07) is 7.18. The monoisotopic (exact) mass is 162 g/mol. The highest BCUT2D eigenvalue weighted by atomic mass is 16.2. The van der Waals surface area contributed by atoms with Crippen molar-refractivity contribution in [3.63, 3.8) is 0 Å². The molecule has 2 nitrogen and oxygen atoms in total. The number of carbonyl (C=O) groups excluding carboxylic acids is 1. The largest absolute Gasteiger partial charge is 0.392 e. The summed E-state index contributed by atoms with van der Waals surface area (Å²) in [5, 5.41) is 8.50. The Bertz CT molecular complexity index is 290. The molecule has 0 radical (unpaired) electrons. The van der Waals surface area contributed by atoms with Gasteiger partial charge in [-0.15, -0.1) is 0 Å². The normalized spacial score (nSPS) is 10.4. The SMILES string of the molecule is O=Cc1cccc(/C=C/CO)c1. The van der Waals surface area contributed by atoms with Gasteiger partial charge in [-0.25, -0.2) is 0 Å². The lowest BCUT2D eigenvalue weighted by molar-refractivity contribution is 0.112. The topological polar surface area (TPSA) is 37.3 Å². The third kappa shape index (κ3) is 2.32. The molecule has 0 aliphatic carbocycles. The van der Waals surface area contributed by atoms with Crippen LogP contribution in [0.15, 0.2) is 30.3 Å². The zero-order chi connectivity index (χ0) is 8.81. The molecule has 0 saturated heterocycles. The lowest BCUT2D eigenvalue weighted by Crippen LogP contribution is -1.80. The molecule has 62 valence electrons. The Kier molecular flexibility index (Phi) is 3.23. The maximum Gasteiger partial charge on any atom is 0.150 e. The molecule has 0 aliphatic rings. The smallest absolute Gasteiger partial charge is 0.150 e. The van der Waals surface area contributed by atoms with Gasteiger partial charge >= 0.3 is 0 Å². The van der Waals surface area contributed by atoms with E-state index in [1.807, 2.05) is 6.07 Å². The highest BCUT2D eigenvalue weighted by molar-refractivity contribution is 5.76. The molecule has 2 heteroatoms. The van der Waals surface area contributed by atoms with Crippen LogP contribution in [0.3, 0.4) is 0 Å². The number of hydrogen-bond acceptors (Lipinski definition) is 2. The third-order valence-corrected chi connectivity index (χ3v) is 1.46. The molecule has 1 rings (SSSR count). The summed E-state index contributed by atoms with van der Waals surface area (Å²) < 4.78 is 0. The summed E-state index contributed by atoms with van der Waals surface area (Å²) in [5.74, 6) is 0. The van der Waals surface area contributed by atoms with Crippen LogP contribution in [-0.2, 0) is 0 Å². The Morgan fingerprint density at radius 1 is 1.33 bits per heavy atom. The summed E-state index contributed by atoms with van der Waals surface area (Å²) in [7, 11) is 0. The van der Waals surface area contributed by atoms with E-state index in [4.69, 9.17) is 5.11 Å². The first kappa shape index (κ1) is 8.68. The molecule has 12 heavy (non-hydrogen) atoms. The van der Waals surface area contributed by atoms with Gasteiger partial charge in [0.25, 0.3) is 0 Å². The minimum atomic E-state index is 0.0192. The predicted octanol–water partition coefficient (Wildman–Crippen LogP) is 1.50. The summed E-state index contributed by atoms with van der Waals surface area (Å²) >= 11 is 0. The molecule has 0 amide bonds. The van der Waals surface area contributed by atoms with Crippen LogP contribution in [0.5, 0.6) is 0 Å². The molecule has 0 unspecified atom stereocenters. The zero-order valence-electron chi connectivity index (χ0n) is 6.60. The van der Waals surface area contributed by atoms with Crippen molar-refractivity contribution in [1.82, 2.24) is 0 Å². The fourth-order valence-corrected chi connectivity index (χ4v) is 0.925. The number of benzene rings is 1. The van der Waals surface area contributed by atoms with E-state index >= 15 is 0 Å². The maximum absolute atomic E-state index is 10.4. The summed E-state index contributed by atoms with van der Waals surface area (Å²) in [6.07, 6.45) is 4.20. The van der Waals surface area contributed by atoms with E-state index in [0.29, 0.717) is 5.56 Å². The van der Waals surface area contributed by atoms with Crippen molar-refractivity contribution < 1.29 is 9.90 Å². The van der Waals surface area contributed by atoms with Crippen LogP contribution in [0, 0.1) is 0 Å². The molecule has 0 bridgehead atoms. The lowest BCUT2D eigenvalue weighted by atomic mass is 10.1. The van der Waals surface area contributed by atoms with Gasteiger partial charge in [0.2, 0.25) is 0 Å². The maximum atomic E-state index is 10.4. The van der Waals surface area contributed by atoms with Gasteiger partial charge in [-0.2, -0.15) is 0 Å². The van der Waals surface area contributed by atoms with Crippen molar-refractivity contribution in [2.75, 3.05) is 6.61 Å². The second-order valence-corrected chi connectivity index (χ2v) is 2.37. The molecular formula is C10H10O2. The Labute approximate surface area is 71.2 Å². The van der Waals surface area contributed by atoms with E-state index in [9.17, 15) is 4.79 Å².